The summed E-state index contributed by atoms with van der Waals surface area (Å²) in [5, 5.41) is 2.49. The highest BCUT2D eigenvalue weighted by molar-refractivity contribution is 6.11. The summed E-state index contributed by atoms with van der Waals surface area (Å²) in [5.41, 5.74) is 10.3. The van der Waals surface area contributed by atoms with Gasteiger partial charge in [-0.3, -0.25) is 4.99 Å². The SMILES string of the molecule is Cc1cccc(-n2c3ccccc3c3ccc(-c4ccccc4N(C)/C=N/C(=N\Cc4ccccc4)c4ccccc4)cc32)c1. The van der Waals surface area contributed by atoms with Gasteiger partial charge in [0.2, 0.25) is 0 Å². The van der Waals surface area contributed by atoms with E-state index in [1.807, 2.05) is 49.8 Å². The second-order valence-electron chi connectivity index (χ2n) is 11.3. The Morgan fingerprint density at radius 1 is 0.667 bits per heavy atom. The largest absolute Gasteiger partial charge is 0.335 e. The second-order valence-corrected chi connectivity index (χ2v) is 11.3. The van der Waals surface area contributed by atoms with Gasteiger partial charge in [-0.05, 0) is 53.9 Å². The summed E-state index contributed by atoms with van der Waals surface area (Å²) in [7, 11) is 2.05. The van der Waals surface area contributed by atoms with Crippen LogP contribution in [-0.4, -0.2) is 23.8 Å². The van der Waals surface area contributed by atoms with Gasteiger partial charge in [0, 0.05) is 40.3 Å². The smallest absolute Gasteiger partial charge is 0.156 e. The van der Waals surface area contributed by atoms with Crippen LogP contribution in [0.15, 0.2) is 162 Å². The fourth-order valence-corrected chi connectivity index (χ4v) is 5.96. The molecule has 1 heterocycles. The summed E-state index contributed by atoms with van der Waals surface area (Å²) in [6.45, 7) is 2.71. The molecular weight excluding hydrogens is 548 g/mol. The minimum atomic E-state index is 0.567. The van der Waals surface area contributed by atoms with Crippen LogP contribution >= 0.6 is 0 Å². The molecule has 0 aliphatic rings. The zero-order valence-electron chi connectivity index (χ0n) is 25.5. The first kappa shape index (κ1) is 28.1. The Morgan fingerprint density at radius 2 is 1.38 bits per heavy atom. The summed E-state index contributed by atoms with van der Waals surface area (Å²) in [6, 6.07) is 53.1. The van der Waals surface area contributed by atoms with Crippen LogP contribution in [0.5, 0.6) is 0 Å². The molecule has 0 saturated heterocycles. The highest BCUT2D eigenvalue weighted by atomic mass is 15.1. The lowest BCUT2D eigenvalue weighted by Crippen LogP contribution is -2.16. The Balaban J connectivity index is 1.28. The minimum Gasteiger partial charge on any atom is -0.335 e. The molecule has 0 aliphatic heterocycles. The highest BCUT2D eigenvalue weighted by Crippen LogP contribution is 2.37. The molecule has 0 fully saturated rings. The molecular formula is C41H34N4. The van der Waals surface area contributed by atoms with Crippen molar-refractivity contribution < 1.29 is 0 Å². The van der Waals surface area contributed by atoms with Gasteiger partial charge in [0.1, 0.15) is 0 Å². The van der Waals surface area contributed by atoms with Gasteiger partial charge >= 0.3 is 0 Å². The summed E-state index contributed by atoms with van der Waals surface area (Å²) in [4.78, 5) is 11.9. The zero-order chi connectivity index (χ0) is 30.6. The number of aliphatic imine (C=N–C) groups is 2. The topological polar surface area (TPSA) is 32.9 Å². The van der Waals surface area contributed by atoms with E-state index in [-0.39, 0.29) is 0 Å². The molecule has 0 spiro atoms. The van der Waals surface area contributed by atoms with Gasteiger partial charge in [0.05, 0.1) is 23.9 Å². The third-order valence-electron chi connectivity index (χ3n) is 8.17. The number of rotatable bonds is 7. The summed E-state index contributed by atoms with van der Waals surface area (Å²) < 4.78 is 2.38. The quantitative estimate of drug-likeness (QED) is 0.136. The predicted molar refractivity (Wildman–Crippen MR) is 191 cm³/mol. The molecule has 6 aromatic carbocycles. The van der Waals surface area contributed by atoms with Gasteiger partial charge in [-0.2, -0.15) is 0 Å². The van der Waals surface area contributed by atoms with Crippen molar-refractivity contribution in [2.75, 3.05) is 11.9 Å². The van der Waals surface area contributed by atoms with E-state index < -0.39 is 0 Å². The van der Waals surface area contributed by atoms with Crippen LogP contribution in [0.25, 0.3) is 38.6 Å². The van der Waals surface area contributed by atoms with E-state index in [0.29, 0.717) is 12.4 Å². The molecule has 0 aliphatic carbocycles. The van der Waals surface area contributed by atoms with Crippen molar-refractivity contribution in [3.8, 4) is 16.8 Å². The van der Waals surface area contributed by atoms with E-state index in [1.54, 1.807) is 0 Å². The lowest BCUT2D eigenvalue weighted by atomic mass is 10.0. The Labute approximate surface area is 264 Å². The van der Waals surface area contributed by atoms with Crippen molar-refractivity contribution in [1.82, 2.24) is 4.57 Å². The van der Waals surface area contributed by atoms with Gasteiger partial charge in [-0.1, -0.05) is 121 Å². The van der Waals surface area contributed by atoms with E-state index in [4.69, 9.17) is 9.98 Å². The van der Waals surface area contributed by atoms with Gasteiger partial charge in [-0.15, -0.1) is 0 Å². The van der Waals surface area contributed by atoms with Gasteiger partial charge in [0.25, 0.3) is 0 Å². The number of aryl methyl sites for hydroxylation is 1. The first-order chi connectivity index (χ1) is 22.2. The van der Waals surface area contributed by atoms with E-state index in [9.17, 15) is 0 Å². The number of anilines is 1. The number of benzene rings is 6. The maximum absolute atomic E-state index is 4.91. The van der Waals surface area contributed by atoms with Crippen LogP contribution in [0.1, 0.15) is 16.7 Å². The standard InChI is InChI=1S/C41H34N4/c1-30-14-13-19-34(26-30)45-39-23-12-10-21-36(39)37-25-24-33(27-40(37)45)35-20-9-11-22-38(35)44(2)29-43-41(32-17-7-4-8-18-32)42-28-31-15-5-3-6-16-31/h3-27,29H,28H2,1-2H3/b42-41-,43-29+. The molecule has 218 valence electrons. The van der Waals surface area contributed by atoms with Crippen molar-refractivity contribution in [3.05, 3.63) is 168 Å². The van der Waals surface area contributed by atoms with Crippen LogP contribution < -0.4 is 4.90 Å². The first-order valence-electron chi connectivity index (χ1n) is 15.3. The Hall–Kier alpha value is -5.74. The fourth-order valence-electron chi connectivity index (χ4n) is 5.96. The Morgan fingerprint density at radius 3 is 2.20 bits per heavy atom. The highest BCUT2D eigenvalue weighted by Gasteiger charge is 2.15. The molecule has 0 N–H and O–H groups in total. The van der Waals surface area contributed by atoms with Crippen molar-refractivity contribution in [3.63, 3.8) is 0 Å². The molecule has 4 nitrogen and oxygen atoms in total. The van der Waals surface area contributed by atoms with Crippen LogP contribution in [-0.2, 0) is 6.54 Å². The molecule has 4 heteroatoms. The van der Waals surface area contributed by atoms with Crippen LogP contribution in [0, 0.1) is 6.92 Å². The maximum atomic E-state index is 4.91. The molecule has 0 saturated carbocycles. The number of hydrogen-bond donors (Lipinski definition) is 0. The Kier molecular flexibility index (Phi) is 7.78. The molecule has 0 atom stereocenters. The normalized spacial score (nSPS) is 11.9. The minimum absolute atomic E-state index is 0.567. The van der Waals surface area contributed by atoms with E-state index in [2.05, 4.69) is 132 Å². The number of para-hydroxylation sites is 2. The lowest BCUT2D eigenvalue weighted by Gasteiger charge is -2.18. The van der Waals surface area contributed by atoms with Gasteiger partial charge < -0.3 is 9.47 Å². The van der Waals surface area contributed by atoms with Crippen molar-refractivity contribution in [2.45, 2.75) is 13.5 Å². The summed E-state index contributed by atoms with van der Waals surface area (Å²) >= 11 is 0. The molecule has 0 unspecified atom stereocenters. The second kappa shape index (κ2) is 12.5. The summed E-state index contributed by atoms with van der Waals surface area (Å²) in [6.07, 6.45) is 1.87. The molecule has 45 heavy (non-hydrogen) atoms. The van der Waals surface area contributed by atoms with E-state index in [1.165, 1.54) is 33.1 Å². The van der Waals surface area contributed by atoms with Crippen molar-refractivity contribution >= 4 is 39.7 Å². The number of amidine groups is 1. The van der Waals surface area contributed by atoms with E-state index >= 15 is 0 Å². The zero-order valence-corrected chi connectivity index (χ0v) is 25.5. The van der Waals surface area contributed by atoms with Crippen molar-refractivity contribution in [2.24, 2.45) is 9.98 Å². The van der Waals surface area contributed by atoms with Crippen LogP contribution in [0.3, 0.4) is 0 Å². The number of fused-ring (bicyclic) bond motifs is 3. The molecule has 7 aromatic rings. The third-order valence-corrected chi connectivity index (χ3v) is 8.17. The Bertz CT molecular complexity index is 2160. The van der Waals surface area contributed by atoms with E-state index in [0.717, 1.165) is 27.9 Å². The third kappa shape index (κ3) is 5.78. The van der Waals surface area contributed by atoms with Gasteiger partial charge in [-0.25, -0.2) is 4.99 Å². The number of aromatic nitrogens is 1. The van der Waals surface area contributed by atoms with Gasteiger partial charge in [0.15, 0.2) is 5.84 Å². The monoisotopic (exact) mass is 582 g/mol. The maximum Gasteiger partial charge on any atom is 0.156 e. The number of nitrogens with zero attached hydrogens (tertiary/aromatic N) is 4. The molecule has 1 aromatic heterocycles. The fraction of sp³-hybridized carbons (Fsp3) is 0.0732. The first-order valence-corrected chi connectivity index (χ1v) is 15.3. The van der Waals surface area contributed by atoms with Crippen molar-refractivity contribution in [1.29, 1.82) is 0 Å². The average Bonchev–Trinajstić information content (AvgIpc) is 3.43. The lowest BCUT2D eigenvalue weighted by molar-refractivity contribution is 1.06. The summed E-state index contributed by atoms with van der Waals surface area (Å²) in [5.74, 6) is 0.702. The number of hydrogen-bond acceptors (Lipinski definition) is 1. The molecule has 0 bridgehead atoms. The average molecular weight is 583 g/mol. The van der Waals surface area contributed by atoms with Crippen LogP contribution in [0.2, 0.25) is 0 Å². The molecule has 0 amide bonds. The predicted octanol–water partition coefficient (Wildman–Crippen LogP) is 9.87. The molecule has 0 radical (unpaired) electrons. The van der Waals surface area contributed by atoms with Crippen LogP contribution in [0.4, 0.5) is 5.69 Å². The molecule has 7 rings (SSSR count).